The third kappa shape index (κ3) is 5.30. The molecule has 1 saturated heterocycles. The van der Waals surface area contributed by atoms with Gasteiger partial charge in [-0.1, -0.05) is 36.4 Å². The largest absolute Gasteiger partial charge is 0.352 e. The van der Waals surface area contributed by atoms with Crippen LogP contribution in [0.4, 0.5) is 0 Å². The number of nitrogens with zero attached hydrogens (tertiary/aromatic N) is 2. The van der Waals surface area contributed by atoms with Crippen molar-refractivity contribution < 1.29 is 4.79 Å². The maximum Gasteiger partial charge on any atom is 0.226 e. The van der Waals surface area contributed by atoms with Crippen LogP contribution < -0.4 is 5.32 Å². The lowest BCUT2D eigenvalue weighted by atomic mass is 9.72. The smallest absolute Gasteiger partial charge is 0.226 e. The van der Waals surface area contributed by atoms with Gasteiger partial charge in [-0.2, -0.15) is 0 Å². The highest BCUT2D eigenvalue weighted by Crippen LogP contribution is 2.37. The van der Waals surface area contributed by atoms with Crippen molar-refractivity contribution in [2.24, 2.45) is 5.41 Å². The maximum absolute atomic E-state index is 13.2. The Balaban J connectivity index is 1.47. The Hall–Kier alpha value is -2.76. The molecule has 1 N–H and O–H groups in total. The van der Waals surface area contributed by atoms with Crippen molar-refractivity contribution in [2.45, 2.75) is 25.8 Å². The molecule has 0 atom stereocenters. The molecule has 4 nitrogen and oxygen atoms in total. The van der Waals surface area contributed by atoms with Gasteiger partial charge in [0.1, 0.15) is 0 Å². The summed E-state index contributed by atoms with van der Waals surface area (Å²) in [4.78, 5) is 21.0. The minimum atomic E-state index is -0.373. The van der Waals surface area contributed by atoms with E-state index in [-0.39, 0.29) is 11.3 Å². The predicted molar refractivity (Wildman–Crippen MR) is 128 cm³/mol. The van der Waals surface area contributed by atoms with Crippen molar-refractivity contribution in [3.63, 3.8) is 0 Å². The molecular weight excluding hydrogens is 402 g/mol. The summed E-state index contributed by atoms with van der Waals surface area (Å²) in [5.41, 5.74) is 3.35. The first-order valence-corrected chi connectivity index (χ1v) is 11.7. The summed E-state index contributed by atoms with van der Waals surface area (Å²) in [7, 11) is 0. The number of hydrogen-bond donors (Lipinski definition) is 1. The van der Waals surface area contributed by atoms with Crippen molar-refractivity contribution in [1.29, 1.82) is 0 Å². The fourth-order valence-electron chi connectivity index (χ4n) is 4.34. The third-order valence-corrected chi connectivity index (χ3v) is 7.08. The lowest BCUT2D eigenvalue weighted by Gasteiger charge is -2.41. The molecule has 1 aliphatic heterocycles. The van der Waals surface area contributed by atoms with Gasteiger partial charge in [0, 0.05) is 30.4 Å². The van der Waals surface area contributed by atoms with E-state index in [0.717, 1.165) is 38.9 Å². The zero-order valence-corrected chi connectivity index (χ0v) is 18.6. The van der Waals surface area contributed by atoms with Crippen LogP contribution in [0, 0.1) is 5.41 Å². The number of carbonyl (C=O) groups is 1. The Bertz CT molecular complexity index is 975. The number of piperidine rings is 1. The van der Waals surface area contributed by atoms with Gasteiger partial charge in [-0.15, -0.1) is 17.9 Å². The molecule has 0 aliphatic carbocycles. The summed E-state index contributed by atoms with van der Waals surface area (Å²) < 4.78 is 0. The molecule has 1 amide bonds. The van der Waals surface area contributed by atoms with E-state index in [4.69, 9.17) is 0 Å². The number of nitrogens with one attached hydrogen (secondary N) is 1. The molecular formula is C26H29N3OS. The van der Waals surface area contributed by atoms with Gasteiger partial charge in [0.2, 0.25) is 5.91 Å². The van der Waals surface area contributed by atoms with Gasteiger partial charge in [-0.3, -0.25) is 14.7 Å². The van der Waals surface area contributed by atoms with Crippen molar-refractivity contribution in [2.75, 3.05) is 19.6 Å². The summed E-state index contributed by atoms with van der Waals surface area (Å²) in [6.45, 7) is 7.00. The van der Waals surface area contributed by atoms with Crippen molar-refractivity contribution in [1.82, 2.24) is 15.2 Å². The van der Waals surface area contributed by atoms with Crippen molar-refractivity contribution in [3.05, 3.63) is 90.1 Å². The van der Waals surface area contributed by atoms with Crippen LogP contribution in [0.3, 0.4) is 0 Å². The van der Waals surface area contributed by atoms with E-state index in [0.29, 0.717) is 6.54 Å². The summed E-state index contributed by atoms with van der Waals surface area (Å²) in [6.07, 6.45) is 7.91. The van der Waals surface area contributed by atoms with Crippen LogP contribution >= 0.6 is 11.3 Å². The molecule has 0 spiro atoms. The Morgan fingerprint density at radius 2 is 1.84 bits per heavy atom. The normalized spacial score (nSPS) is 16.0. The number of rotatable bonds is 8. The van der Waals surface area contributed by atoms with E-state index in [2.05, 4.69) is 75.7 Å². The van der Waals surface area contributed by atoms with Gasteiger partial charge < -0.3 is 5.32 Å². The van der Waals surface area contributed by atoms with Crippen LogP contribution in [-0.4, -0.2) is 35.4 Å². The van der Waals surface area contributed by atoms with Gasteiger partial charge in [0.25, 0.3) is 0 Å². The molecule has 31 heavy (non-hydrogen) atoms. The number of pyridine rings is 1. The second-order valence-electron chi connectivity index (χ2n) is 8.26. The summed E-state index contributed by atoms with van der Waals surface area (Å²) in [5, 5.41) is 5.18. The van der Waals surface area contributed by atoms with Gasteiger partial charge in [0.15, 0.2) is 0 Å². The number of thiophene rings is 1. The number of aromatic nitrogens is 1. The predicted octanol–water partition coefficient (Wildman–Crippen LogP) is 4.94. The highest BCUT2D eigenvalue weighted by molar-refractivity contribution is 7.13. The molecule has 1 aliphatic rings. The Morgan fingerprint density at radius 1 is 1.10 bits per heavy atom. The highest BCUT2D eigenvalue weighted by atomic mass is 32.1. The molecule has 0 radical (unpaired) electrons. The Kier molecular flexibility index (Phi) is 6.95. The molecule has 0 saturated carbocycles. The van der Waals surface area contributed by atoms with Crippen molar-refractivity contribution >= 4 is 17.2 Å². The molecule has 3 aromatic rings. The van der Waals surface area contributed by atoms with Crippen LogP contribution in [0.2, 0.25) is 0 Å². The fourth-order valence-corrected chi connectivity index (χ4v) is 5.08. The number of likely N-dealkylation sites (tertiary alicyclic amines) is 1. The van der Waals surface area contributed by atoms with Gasteiger partial charge in [0.05, 0.1) is 5.41 Å². The maximum atomic E-state index is 13.2. The Morgan fingerprint density at radius 3 is 2.48 bits per heavy atom. The summed E-state index contributed by atoms with van der Waals surface area (Å²) in [5.74, 6) is 0.151. The zero-order chi connectivity index (χ0) is 21.5. The fraction of sp³-hybridized carbons (Fsp3) is 0.308. The molecule has 1 fully saturated rings. The molecule has 4 rings (SSSR count). The summed E-state index contributed by atoms with van der Waals surface area (Å²) >= 11 is 1.75. The number of benzene rings is 1. The van der Waals surface area contributed by atoms with E-state index in [1.807, 2.05) is 12.4 Å². The van der Waals surface area contributed by atoms with Gasteiger partial charge in [-0.05, 0) is 72.6 Å². The second kappa shape index (κ2) is 10.0. The first-order chi connectivity index (χ1) is 15.2. The lowest BCUT2D eigenvalue weighted by Crippen LogP contribution is -2.49. The average Bonchev–Trinajstić information content (AvgIpc) is 3.35. The van der Waals surface area contributed by atoms with Crippen LogP contribution in [0.15, 0.2) is 79.0 Å². The molecule has 0 unspecified atom stereocenters. The SMILES string of the molecule is C=CCNC(=O)C1(Cc2ccc(-c3cccs3)cc2)CCN(Cc2ccncc2)CC1. The van der Waals surface area contributed by atoms with Crippen LogP contribution in [-0.2, 0) is 17.8 Å². The quantitative estimate of drug-likeness (QED) is 0.514. The first-order valence-electron chi connectivity index (χ1n) is 10.8. The van der Waals surface area contributed by atoms with Crippen molar-refractivity contribution in [3.8, 4) is 10.4 Å². The molecule has 2 aromatic heterocycles. The molecule has 0 bridgehead atoms. The van der Waals surface area contributed by atoms with Gasteiger partial charge in [-0.25, -0.2) is 0 Å². The van der Waals surface area contributed by atoms with Crippen LogP contribution in [0.1, 0.15) is 24.0 Å². The van der Waals surface area contributed by atoms with Gasteiger partial charge >= 0.3 is 0 Å². The molecule has 5 heteroatoms. The van der Waals surface area contributed by atoms with E-state index < -0.39 is 0 Å². The van der Waals surface area contributed by atoms with E-state index in [9.17, 15) is 4.79 Å². The first kappa shape index (κ1) is 21.5. The number of hydrogen-bond acceptors (Lipinski definition) is 4. The number of amides is 1. The average molecular weight is 432 g/mol. The Labute approximate surface area is 188 Å². The standard InChI is InChI=1S/C26H29N3OS/c1-2-13-28-25(30)26(11-16-29(17-12-26)20-22-9-14-27-15-10-22)19-21-5-7-23(8-6-21)24-4-3-18-31-24/h2-10,14-15,18H,1,11-13,16-17,19-20H2,(H,28,30). The van der Waals surface area contributed by atoms with Crippen LogP contribution in [0.25, 0.3) is 10.4 Å². The molecule has 1 aromatic carbocycles. The van der Waals surface area contributed by atoms with E-state index in [1.165, 1.54) is 21.6 Å². The monoisotopic (exact) mass is 431 g/mol. The van der Waals surface area contributed by atoms with E-state index >= 15 is 0 Å². The minimum Gasteiger partial charge on any atom is -0.352 e. The van der Waals surface area contributed by atoms with Crippen LogP contribution in [0.5, 0.6) is 0 Å². The van der Waals surface area contributed by atoms with E-state index in [1.54, 1.807) is 17.4 Å². The zero-order valence-electron chi connectivity index (χ0n) is 17.8. The third-order valence-electron chi connectivity index (χ3n) is 6.16. The second-order valence-corrected chi connectivity index (χ2v) is 9.21. The topological polar surface area (TPSA) is 45.2 Å². The minimum absolute atomic E-state index is 0.151. The summed E-state index contributed by atoms with van der Waals surface area (Å²) in [6, 6.07) is 17.1. The number of carbonyl (C=O) groups excluding carboxylic acids is 1. The highest BCUT2D eigenvalue weighted by Gasteiger charge is 2.41. The molecule has 3 heterocycles. The lowest BCUT2D eigenvalue weighted by molar-refractivity contribution is -0.133. The molecule has 160 valence electrons.